The van der Waals surface area contributed by atoms with Crippen molar-refractivity contribution in [3.05, 3.63) is 29.8 Å². The van der Waals surface area contributed by atoms with Gasteiger partial charge in [0.2, 0.25) is 5.91 Å². The van der Waals surface area contributed by atoms with Crippen LogP contribution in [0.2, 0.25) is 0 Å². The molecule has 0 aromatic heterocycles. The summed E-state index contributed by atoms with van der Waals surface area (Å²) in [4.78, 5) is 12.4. The minimum absolute atomic E-state index is 0.253. The molecule has 3 saturated carbocycles. The molecule has 0 radical (unpaired) electrons. The Morgan fingerprint density at radius 1 is 1.15 bits per heavy atom. The molecule has 0 aliphatic heterocycles. The second-order valence-corrected chi connectivity index (χ2v) is 6.74. The average molecular weight is 270 g/mol. The fraction of sp³-hybridized carbons (Fsp3) is 0.588. The van der Waals surface area contributed by atoms with Crippen LogP contribution in [0.1, 0.15) is 24.8 Å². The molecule has 1 aromatic carbocycles. The standard InChI is InChI=1S/C17H22N2O/c18-8-7-10-1-5-13(6-2-10)19-17(20)16-14-11-3-4-12(9-11)15(14)16/h1-2,5-6,11-12,14-16H,3-4,7-9,18H2,(H,19,20). The van der Waals surface area contributed by atoms with E-state index >= 15 is 0 Å². The van der Waals surface area contributed by atoms with E-state index in [-0.39, 0.29) is 5.91 Å². The summed E-state index contributed by atoms with van der Waals surface area (Å²) in [6.07, 6.45) is 5.02. The summed E-state index contributed by atoms with van der Waals surface area (Å²) in [5.41, 5.74) is 7.69. The Balaban J connectivity index is 1.39. The molecule has 1 aromatic rings. The number of benzene rings is 1. The summed E-state index contributed by atoms with van der Waals surface area (Å²) in [7, 11) is 0. The fourth-order valence-corrected chi connectivity index (χ4v) is 4.82. The van der Waals surface area contributed by atoms with Crippen molar-refractivity contribution >= 4 is 11.6 Å². The van der Waals surface area contributed by atoms with Crippen molar-refractivity contribution in [2.45, 2.75) is 25.7 Å². The van der Waals surface area contributed by atoms with E-state index in [4.69, 9.17) is 5.73 Å². The van der Waals surface area contributed by atoms with Crippen LogP contribution in [0, 0.1) is 29.6 Å². The number of carbonyl (C=O) groups excluding carboxylic acids is 1. The molecule has 3 heteroatoms. The zero-order valence-corrected chi connectivity index (χ0v) is 11.7. The monoisotopic (exact) mass is 270 g/mol. The van der Waals surface area contributed by atoms with Gasteiger partial charge in [-0.25, -0.2) is 0 Å². The molecule has 0 saturated heterocycles. The van der Waals surface area contributed by atoms with Crippen LogP contribution in [0.15, 0.2) is 24.3 Å². The molecule has 0 heterocycles. The molecular weight excluding hydrogens is 248 g/mol. The summed E-state index contributed by atoms with van der Waals surface area (Å²) >= 11 is 0. The quantitative estimate of drug-likeness (QED) is 0.883. The van der Waals surface area contributed by atoms with Crippen LogP contribution in [-0.4, -0.2) is 12.5 Å². The Morgan fingerprint density at radius 3 is 2.40 bits per heavy atom. The molecule has 4 unspecified atom stereocenters. The Morgan fingerprint density at radius 2 is 1.80 bits per heavy atom. The lowest BCUT2D eigenvalue weighted by Crippen LogP contribution is -2.18. The number of rotatable bonds is 4. The summed E-state index contributed by atoms with van der Waals surface area (Å²) in [5.74, 6) is 3.70. The number of nitrogens with one attached hydrogen (secondary N) is 1. The second kappa shape index (κ2) is 4.59. The molecule has 3 aliphatic carbocycles. The predicted octanol–water partition coefficient (Wildman–Crippen LogP) is 2.42. The van der Waals surface area contributed by atoms with Crippen molar-refractivity contribution < 1.29 is 4.79 Å². The molecule has 3 N–H and O–H groups in total. The van der Waals surface area contributed by atoms with Gasteiger partial charge in [0.25, 0.3) is 0 Å². The zero-order valence-electron chi connectivity index (χ0n) is 11.7. The highest BCUT2D eigenvalue weighted by Gasteiger charge is 2.67. The Bertz CT molecular complexity index is 508. The van der Waals surface area contributed by atoms with Gasteiger partial charge in [-0.3, -0.25) is 4.79 Å². The summed E-state index contributed by atoms with van der Waals surface area (Å²) in [5, 5.41) is 3.10. The van der Waals surface area contributed by atoms with Gasteiger partial charge in [-0.15, -0.1) is 0 Å². The lowest BCUT2D eigenvalue weighted by Gasteiger charge is -2.10. The van der Waals surface area contributed by atoms with Crippen LogP contribution in [0.25, 0.3) is 0 Å². The molecule has 0 spiro atoms. The summed E-state index contributed by atoms with van der Waals surface area (Å²) in [6.45, 7) is 0.667. The van der Waals surface area contributed by atoms with Crippen LogP contribution in [0.4, 0.5) is 5.69 Å². The van der Waals surface area contributed by atoms with Crippen molar-refractivity contribution in [2.24, 2.45) is 35.3 Å². The lowest BCUT2D eigenvalue weighted by molar-refractivity contribution is -0.118. The van der Waals surface area contributed by atoms with Crippen LogP contribution in [0.5, 0.6) is 0 Å². The van der Waals surface area contributed by atoms with Crippen LogP contribution < -0.4 is 11.1 Å². The third-order valence-electron chi connectivity index (χ3n) is 5.69. The molecule has 3 fully saturated rings. The van der Waals surface area contributed by atoms with Gasteiger partial charge in [0, 0.05) is 11.6 Å². The maximum absolute atomic E-state index is 12.4. The Labute approximate surface area is 119 Å². The van der Waals surface area contributed by atoms with Crippen LogP contribution >= 0.6 is 0 Å². The topological polar surface area (TPSA) is 55.1 Å². The first-order valence-electron chi connectivity index (χ1n) is 7.88. The number of hydrogen-bond donors (Lipinski definition) is 2. The van der Waals surface area contributed by atoms with E-state index in [0.29, 0.717) is 24.3 Å². The molecular formula is C17H22N2O. The van der Waals surface area contributed by atoms with Gasteiger partial charge >= 0.3 is 0 Å². The molecule has 20 heavy (non-hydrogen) atoms. The van der Waals surface area contributed by atoms with E-state index in [1.807, 2.05) is 12.1 Å². The number of amides is 1. The highest BCUT2D eigenvalue weighted by Crippen LogP contribution is 2.69. The van der Waals surface area contributed by atoms with Crippen molar-refractivity contribution in [3.63, 3.8) is 0 Å². The van der Waals surface area contributed by atoms with E-state index in [1.165, 1.54) is 24.8 Å². The summed E-state index contributed by atoms with van der Waals surface area (Å²) < 4.78 is 0. The highest BCUT2D eigenvalue weighted by atomic mass is 16.2. The van der Waals surface area contributed by atoms with Gasteiger partial charge in [-0.05, 0) is 73.6 Å². The van der Waals surface area contributed by atoms with Crippen LogP contribution in [-0.2, 0) is 11.2 Å². The van der Waals surface area contributed by atoms with Crippen molar-refractivity contribution in [1.29, 1.82) is 0 Å². The van der Waals surface area contributed by atoms with Gasteiger partial charge in [-0.2, -0.15) is 0 Å². The molecule has 2 bridgehead atoms. The minimum Gasteiger partial charge on any atom is -0.330 e. The molecule has 3 nitrogen and oxygen atoms in total. The van der Waals surface area contributed by atoms with Gasteiger partial charge in [0.15, 0.2) is 0 Å². The van der Waals surface area contributed by atoms with E-state index in [0.717, 1.165) is 23.9 Å². The maximum Gasteiger partial charge on any atom is 0.228 e. The first-order valence-corrected chi connectivity index (χ1v) is 7.88. The fourth-order valence-electron chi connectivity index (χ4n) is 4.82. The predicted molar refractivity (Wildman–Crippen MR) is 79.1 cm³/mol. The van der Waals surface area contributed by atoms with E-state index < -0.39 is 0 Å². The Kier molecular flexibility index (Phi) is 2.84. The van der Waals surface area contributed by atoms with Gasteiger partial charge < -0.3 is 11.1 Å². The van der Waals surface area contributed by atoms with Crippen molar-refractivity contribution in [1.82, 2.24) is 0 Å². The number of carbonyl (C=O) groups is 1. The third-order valence-corrected chi connectivity index (χ3v) is 5.69. The molecule has 1 amide bonds. The maximum atomic E-state index is 12.4. The van der Waals surface area contributed by atoms with Gasteiger partial charge in [-0.1, -0.05) is 12.1 Å². The highest BCUT2D eigenvalue weighted by molar-refractivity contribution is 5.95. The molecule has 4 rings (SSSR count). The number of nitrogens with two attached hydrogens (primary N) is 1. The van der Waals surface area contributed by atoms with Gasteiger partial charge in [0.05, 0.1) is 0 Å². The van der Waals surface area contributed by atoms with Crippen LogP contribution in [0.3, 0.4) is 0 Å². The SMILES string of the molecule is NCCc1ccc(NC(=O)C2C3C4CCC(C4)C23)cc1. The van der Waals surface area contributed by atoms with Crippen molar-refractivity contribution in [3.8, 4) is 0 Å². The lowest BCUT2D eigenvalue weighted by atomic mass is 10.0. The van der Waals surface area contributed by atoms with Crippen molar-refractivity contribution in [2.75, 3.05) is 11.9 Å². The van der Waals surface area contributed by atoms with E-state index in [9.17, 15) is 4.79 Å². The largest absolute Gasteiger partial charge is 0.330 e. The zero-order chi connectivity index (χ0) is 13.7. The molecule has 4 atom stereocenters. The normalized spacial score (nSPS) is 36.8. The first-order chi connectivity index (χ1) is 9.78. The van der Waals surface area contributed by atoms with E-state index in [2.05, 4.69) is 17.4 Å². The smallest absolute Gasteiger partial charge is 0.228 e. The Hall–Kier alpha value is -1.35. The minimum atomic E-state index is 0.253. The number of hydrogen-bond acceptors (Lipinski definition) is 2. The first kappa shape index (κ1) is 12.4. The number of fused-ring (bicyclic) bond motifs is 5. The average Bonchev–Trinajstić information content (AvgIpc) is 2.90. The molecule has 3 aliphatic rings. The van der Waals surface area contributed by atoms with E-state index in [1.54, 1.807) is 0 Å². The summed E-state index contributed by atoms with van der Waals surface area (Å²) in [6, 6.07) is 8.10. The third kappa shape index (κ3) is 1.87. The number of anilines is 1. The van der Waals surface area contributed by atoms with Gasteiger partial charge in [0.1, 0.15) is 0 Å². The second-order valence-electron chi connectivity index (χ2n) is 6.74. The molecule has 106 valence electrons.